The smallest absolute Gasteiger partial charge is 0.338 e. The Hall–Kier alpha value is -2.49. The molecule has 2 aromatic carbocycles. The fourth-order valence-corrected chi connectivity index (χ4v) is 3.54. The molecule has 0 saturated heterocycles. The molecule has 0 radical (unpaired) electrons. The number of aromatic hydroxyl groups is 2. The van der Waals surface area contributed by atoms with Gasteiger partial charge in [-0.15, -0.1) is 0 Å². The van der Waals surface area contributed by atoms with Crippen LogP contribution in [0.4, 0.5) is 0 Å². The Morgan fingerprint density at radius 3 is 2.44 bits per heavy atom. The molecule has 4 nitrogen and oxygen atoms in total. The van der Waals surface area contributed by atoms with Gasteiger partial charge < -0.3 is 14.9 Å². The molecule has 0 unspecified atom stereocenters. The molecule has 1 fully saturated rings. The Morgan fingerprint density at radius 2 is 1.76 bits per heavy atom. The van der Waals surface area contributed by atoms with E-state index < -0.39 is 0 Å². The van der Waals surface area contributed by atoms with E-state index in [1.165, 1.54) is 0 Å². The maximum absolute atomic E-state index is 12.4. The maximum atomic E-state index is 12.4. The minimum Gasteiger partial charge on any atom is -0.508 e. The van der Waals surface area contributed by atoms with Crippen LogP contribution in [-0.2, 0) is 11.2 Å². The normalized spacial score (nSPS) is 20.2. The fraction of sp³-hybridized carbons (Fsp3) is 0.381. The van der Waals surface area contributed by atoms with Crippen molar-refractivity contribution >= 4 is 5.97 Å². The Kier molecular flexibility index (Phi) is 5.27. The summed E-state index contributed by atoms with van der Waals surface area (Å²) in [6.45, 7) is 1.93. The van der Waals surface area contributed by atoms with Crippen LogP contribution in [0, 0.1) is 0 Å². The highest BCUT2D eigenvalue weighted by Gasteiger charge is 2.26. The predicted molar refractivity (Wildman–Crippen MR) is 96.0 cm³/mol. The zero-order valence-corrected chi connectivity index (χ0v) is 14.4. The van der Waals surface area contributed by atoms with Crippen molar-refractivity contribution in [2.24, 2.45) is 0 Å². The Bertz CT molecular complexity index is 745. The van der Waals surface area contributed by atoms with E-state index in [1.54, 1.807) is 24.3 Å². The van der Waals surface area contributed by atoms with Gasteiger partial charge in [0.15, 0.2) is 0 Å². The van der Waals surface area contributed by atoms with E-state index in [0.29, 0.717) is 23.7 Å². The minimum absolute atomic E-state index is 0.0894. The molecule has 0 aromatic heterocycles. The molecule has 0 aliphatic heterocycles. The quantitative estimate of drug-likeness (QED) is 0.802. The maximum Gasteiger partial charge on any atom is 0.338 e. The number of hydrogen-bond acceptors (Lipinski definition) is 4. The van der Waals surface area contributed by atoms with Crippen LogP contribution in [0.3, 0.4) is 0 Å². The number of rotatable bonds is 4. The second-order valence-corrected chi connectivity index (χ2v) is 6.63. The second-order valence-electron chi connectivity index (χ2n) is 6.63. The van der Waals surface area contributed by atoms with Crippen LogP contribution in [0.25, 0.3) is 0 Å². The molecule has 0 heterocycles. The van der Waals surface area contributed by atoms with Gasteiger partial charge in [-0.25, -0.2) is 4.79 Å². The van der Waals surface area contributed by atoms with E-state index in [2.05, 4.69) is 0 Å². The van der Waals surface area contributed by atoms with E-state index in [9.17, 15) is 15.0 Å². The highest BCUT2D eigenvalue weighted by atomic mass is 16.5. The lowest BCUT2D eigenvalue weighted by Crippen LogP contribution is -2.24. The van der Waals surface area contributed by atoms with Crippen LogP contribution in [0.2, 0.25) is 0 Å². The first-order chi connectivity index (χ1) is 12.1. The average Bonchev–Trinajstić information content (AvgIpc) is 2.63. The molecule has 1 saturated carbocycles. The number of phenolic OH excluding ortho intramolecular Hbond substituents is 2. The van der Waals surface area contributed by atoms with Crippen LogP contribution < -0.4 is 0 Å². The third-order valence-electron chi connectivity index (χ3n) is 5.02. The zero-order valence-electron chi connectivity index (χ0n) is 14.4. The molecule has 25 heavy (non-hydrogen) atoms. The summed E-state index contributed by atoms with van der Waals surface area (Å²) in [5.74, 6) is 0.540. The molecule has 2 aromatic rings. The Morgan fingerprint density at radius 1 is 1.04 bits per heavy atom. The number of phenols is 2. The van der Waals surface area contributed by atoms with Crippen molar-refractivity contribution in [1.29, 1.82) is 0 Å². The number of ether oxygens (including phenoxy) is 1. The molecule has 1 aliphatic rings. The van der Waals surface area contributed by atoms with Crippen molar-refractivity contribution < 1.29 is 19.7 Å². The van der Waals surface area contributed by atoms with Crippen LogP contribution in [0.5, 0.6) is 11.5 Å². The molecule has 0 bridgehead atoms. The van der Waals surface area contributed by atoms with Gasteiger partial charge in [0, 0.05) is 0 Å². The monoisotopic (exact) mass is 340 g/mol. The molecule has 3 rings (SSSR count). The molecule has 0 spiro atoms. The first kappa shape index (κ1) is 17.3. The zero-order chi connectivity index (χ0) is 17.8. The first-order valence-electron chi connectivity index (χ1n) is 8.89. The summed E-state index contributed by atoms with van der Waals surface area (Å²) >= 11 is 0. The van der Waals surface area contributed by atoms with Gasteiger partial charge in [-0.1, -0.05) is 25.1 Å². The van der Waals surface area contributed by atoms with E-state index in [-0.39, 0.29) is 17.8 Å². The molecular weight excluding hydrogens is 316 g/mol. The van der Waals surface area contributed by atoms with Gasteiger partial charge in [-0.2, -0.15) is 0 Å². The summed E-state index contributed by atoms with van der Waals surface area (Å²) in [6.07, 6.45) is 3.95. The molecule has 132 valence electrons. The van der Waals surface area contributed by atoms with Gasteiger partial charge in [-0.05, 0) is 73.4 Å². The standard InChI is InChI=1S/C21H24O4/c1-2-14-13-16(9-12-19(14)22)21(24)25-17-10-7-15(8-11-17)18-5-3-4-6-20(18)23/h3-6,9,12-13,15,17,22-23H,2,7-8,10-11H2,1H3. The summed E-state index contributed by atoms with van der Waals surface area (Å²) in [7, 11) is 0. The summed E-state index contributed by atoms with van der Waals surface area (Å²) in [6, 6.07) is 12.3. The summed E-state index contributed by atoms with van der Waals surface area (Å²) < 4.78 is 5.65. The summed E-state index contributed by atoms with van der Waals surface area (Å²) in [5.41, 5.74) is 2.22. The lowest BCUT2D eigenvalue weighted by molar-refractivity contribution is 0.0194. The van der Waals surface area contributed by atoms with Crippen molar-refractivity contribution in [2.45, 2.75) is 51.0 Å². The topological polar surface area (TPSA) is 66.8 Å². The van der Waals surface area contributed by atoms with Crippen molar-refractivity contribution in [3.63, 3.8) is 0 Å². The second kappa shape index (κ2) is 7.60. The van der Waals surface area contributed by atoms with Crippen LogP contribution in [0.1, 0.15) is 60.0 Å². The number of carbonyl (C=O) groups is 1. The summed E-state index contributed by atoms with van der Waals surface area (Å²) in [4.78, 5) is 12.4. The molecular formula is C21H24O4. The van der Waals surface area contributed by atoms with Gasteiger partial charge in [0.25, 0.3) is 0 Å². The first-order valence-corrected chi connectivity index (χ1v) is 8.89. The number of carbonyl (C=O) groups excluding carboxylic acids is 1. The molecule has 4 heteroatoms. The number of aryl methyl sites for hydroxylation is 1. The highest BCUT2D eigenvalue weighted by Crippen LogP contribution is 2.38. The van der Waals surface area contributed by atoms with Crippen molar-refractivity contribution in [2.75, 3.05) is 0 Å². The molecule has 1 aliphatic carbocycles. The van der Waals surface area contributed by atoms with Gasteiger partial charge in [-0.3, -0.25) is 0 Å². The van der Waals surface area contributed by atoms with Crippen molar-refractivity contribution in [1.82, 2.24) is 0 Å². The molecule has 0 atom stereocenters. The third kappa shape index (κ3) is 3.95. The third-order valence-corrected chi connectivity index (χ3v) is 5.02. The number of hydrogen-bond donors (Lipinski definition) is 2. The number of esters is 1. The van der Waals surface area contributed by atoms with Gasteiger partial charge in [0.05, 0.1) is 5.56 Å². The van der Waals surface area contributed by atoms with Crippen LogP contribution in [-0.4, -0.2) is 22.3 Å². The van der Waals surface area contributed by atoms with Gasteiger partial charge in [0.2, 0.25) is 0 Å². The number of benzene rings is 2. The lowest BCUT2D eigenvalue weighted by Gasteiger charge is -2.29. The Balaban J connectivity index is 1.59. The van der Waals surface area contributed by atoms with Crippen molar-refractivity contribution in [3.8, 4) is 11.5 Å². The predicted octanol–water partition coefficient (Wildman–Crippen LogP) is 4.54. The van der Waals surface area contributed by atoms with E-state index >= 15 is 0 Å². The van der Waals surface area contributed by atoms with Gasteiger partial charge in [0.1, 0.15) is 17.6 Å². The van der Waals surface area contributed by atoms with E-state index in [0.717, 1.165) is 36.8 Å². The average molecular weight is 340 g/mol. The largest absolute Gasteiger partial charge is 0.508 e. The minimum atomic E-state index is -0.333. The summed E-state index contributed by atoms with van der Waals surface area (Å²) in [5, 5.41) is 19.7. The highest BCUT2D eigenvalue weighted by molar-refractivity contribution is 5.90. The number of para-hydroxylation sites is 1. The van der Waals surface area contributed by atoms with E-state index in [4.69, 9.17) is 4.74 Å². The van der Waals surface area contributed by atoms with Crippen LogP contribution >= 0.6 is 0 Å². The van der Waals surface area contributed by atoms with E-state index in [1.807, 2.05) is 25.1 Å². The fourth-order valence-electron chi connectivity index (χ4n) is 3.54. The van der Waals surface area contributed by atoms with Crippen LogP contribution in [0.15, 0.2) is 42.5 Å². The lowest BCUT2D eigenvalue weighted by atomic mass is 9.82. The SMILES string of the molecule is CCc1cc(C(=O)OC2CCC(c3ccccc3O)CC2)ccc1O. The van der Waals surface area contributed by atoms with Gasteiger partial charge >= 0.3 is 5.97 Å². The molecule has 2 N–H and O–H groups in total. The molecule has 0 amide bonds. The Labute approximate surface area is 148 Å². The van der Waals surface area contributed by atoms with Crippen molar-refractivity contribution in [3.05, 3.63) is 59.2 Å².